The highest BCUT2D eigenvalue weighted by atomic mass is 19.3. The van der Waals surface area contributed by atoms with E-state index in [9.17, 15) is 8.78 Å². The van der Waals surface area contributed by atoms with E-state index >= 15 is 0 Å². The summed E-state index contributed by atoms with van der Waals surface area (Å²) in [5.41, 5.74) is 7.05. The minimum Gasteiger partial charge on any atom is -0.370 e. The molecule has 5 rings (SSSR count). The van der Waals surface area contributed by atoms with Crippen molar-refractivity contribution in [3.8, 4) is 11.3 Å². The quantitative estimate of drug-likeness (QED) is 0.392. The molecule has 2 saturated heterocycles. The molecule has 1 aromatic heterocycles. The van der Waals surface area contributed by atoms with Crippen LogP contribution in [-0.4, -0.2) is 62.6 Å². The lowest BCUT2D eigenvalue weighted by molar-refractivity contribution is 0.146. The monoisotopic (exact) mass is 492 g/mol. The molecule has 0 bridgehead atoms. The molecule has 6 heteroatoms. The highest BCUT2D eigenvalue weighted by Gasteiger charge is 2.36. The minimum absolute atomic E-state index is 0.232. The van der Waals surface area contributed by atoms with Crippen LogP contribution in [0, 0.1) is 11.8 Å². The lowest BCUT2D eigenvalue weighted by Gasteiger charge is -2.31. The third-order valence-corrected chi connectivity index (χ3v) is 7.97. The number of hydrogen-bond donors (Lipinski definition) is 1. The topological polar surface area (TPSA) is 31.4 Å². The normalized spacial score (nSPS) is 20.4. The van der Waals surface area contributed by atoms with E-state index < -0.39 is 6.43 Å². The van der Waals surface area contributed by atoms with Gasteiger partial charge in [0.05, 0.1) is 17.8 Å². The Bertz CT molecular complexity index is 1160. The summed E-state index contributed by atoms with van der Waals surface area (Å²) in [5.74, 6) is 1.51. The molecule has 1 N–H and O–H groups in total. The molecule has 3 heterocycles. The number of rotatable bonds is 9. The van der Waals surface area contributed by atoms with Crippen molar-refractivity contribution in [1.29, 1.82) is 0 Å². The van der Waals surface area contributed by atoms with Crippen molar-refractivity contribution in [3.63, 3.8) is 0 Å². The first-order valence-electron chi connectivity index (χ1n) is 13.5. The fourth-order valence-electron chi connectivity index (χ4n) is 5.90. The van der Waals surface area contributed by atoms with Gasteiger partial charge in [0.1, 0.15) is 0 Å². The summed E-state index contributed by atoms with van der Waals surface area (Å²) in [6.07, 6.45) is 1.71. The molecule has 0 saturated carbocycles. The second-order valence-corrected chi connectivity index (χ2v) is 10.6. The molecule has 4 nitrogen and oxygen atoms in total. The molecule has 0 spiro atoms. The SMILES string of the molecule is CCc1ccc2c(N3CC4CCN(C)CC4C3)cc(-c3ccc(CCCNCC(F)F)cc3)nc2c1. The number of anilines is 1. The van der Waals surface area contributed by atoms with Crippen LogP contribution in [0.1, 0.15) is 30.9 Å². The zero-order chi connectivity index (χ0) is 25.1. The first-order chi connectivity index (χ1) is 17.5. The Morgan fingerprint density at radius 3 is 2.56 bits per heavy atom. The number of alkyl halides is 2. The average molecular weight is 493 g/mol. The van der Waals surface area contributed by atoms with Crippen LogP contribution in [-0.2, 0) is 12.8 Å². The molecule has 0 aliphatic carbocycles. The van der Waals surface area contributed by atoms with Gasteiger partial charge >= 0.3 is 0 Å². The lowest BCUT2D eigenvalue weighted by Crippen LogP contribution is -2.37. The first kappa shape index (κ1) is 25.1. The van der Waals surface area contributed by atoms with E-state index in [0.29, 0.717) is 6.54 Å². The number of fused-ring (bicyclic) bond motifs is 2. The van der Waals surface area contributed by atoms with Gasteiger partial charge in [-0.2, -0.15) is 0 Å². The Morgan fingerprint density at radius 2 is 1.78 bits per heavy atom. The van der Waals surface area contributed by atoms with Gasteiger partial charge in [-0.15, -0.1) is 0 Å². The van der Waals surface area contributed by atoms with E-state index in [0.717, 1.165) is 61.0 Å². The lowest BCUT2D eigenvalue weighted by atomic mass is 9.89. The zero-order valence-corrected chi connectivity index (χ0v) is 21.5. The fourth-order valence-corrected chi connectivity index (χ4v) is 5.90. The molecular weight excluding hydrogens is 454 g/mol. The molecule has 2 aromatic carbocycles. The standard InChI is InChI=1S/C30H38F2N4/c1-3-21-8-11-26-28(15-21)34-27(16-29(26)36-19-24-12-14-35(2)18-25(24)20-36)23-9-6-22(7-10-23)5-4-13-33-17-30(31)32/h6-11,15-16,24-25,30,33H,3-5,12-14,17-20H2,1-2H3. The maximum atomic E-state index is 12.3. The minimum atomic E-state index is -2.29. The second-order valence-electron chi connectivity index (χ2n) is 10.6. The summed E-state index contributed by atoms with van der Waals surface area (Å²) in [6.45, 7) is 7.20. The van der Waals surface area contributed by atoms with E-state index in [1.54, 1.807) is 0 Å². The van der Waals surface area contributed by atoms with Crippen LogP contribution in [0.15, 0.2) is 48.5 Å². The average Bonchev–Trinajstić information content (AvgIpc) is 3.30. The number of benzene rings is 2. The van der Waals surface area contributed by atoms with Crippen molar-refractivity contribution < 1.29 is 8.78 Å². The number of aromatic nitrogens is 1. The van der Waals surface area contributed by atoms with E-state index in [1.807, 2.05) is 0 Å². The van der Waals surface area contributed by atoms with Gasteiger partial charge in [-0.1, -0.05) is 43.3 Å². The molecule has 2 unspecified atom stereocenters. The molecule has 2 aliphatic heterocycles. The summed E-state index contributed by atoms with van der Waals surface area (Å²) in [6, 6.07) is 17.7. The van der Waals surface area contributed by atoms with Crippen LogP contribution in [0.25, 0.3) is 22.2 Å². The summed E-state index contributed by atoms with van der Waals surface area (Å²) in [7, 11) is 2.24. The highest BCUT2D eigenvalue weighted by Crippen LogP contribution is 2.38. The van der Waals surface area contributed by atoms with Crippen molar-refractivity contribution in [1.82, 2.24) is 15.2 Å². The van der Waals surface area contributed by atoms with Gasteiger partial charge in [0.2, 0.25) is 0 Å². The predicted octanol–water partition coefficient (Wildman–Crippen LogP) is 5.64. The number of pyridine rings is 1. The summed E-state index contributed by atoms with van der Waals surface area (Å²) < 4.78 is 24.6. The van der Waals surface area contributed by atoms with Crippen LogP contribution in [0.3, 0.4) is 0 Å². The molecular formula is C30H38F2N4. The fraction of sp³-hybridized carbons (Fsp3) is 0.500. The third kappa shape index (κ3) is 5.70. The van der Waals surface area contributed by atoms with Crippen molar-refractivity contribution in [2.45, 2.75) is 39.0 Å². The van der Waals surface area contributed by atoms with E-state index in [4.69, 9.17) is 4.98 Å². The van der Waals surface area contributed by atoms with Crippen LogP contribution in [0.4, 0.5) is 14.5 Å². The van der Waals surface area contributed by atoms with Gasteiger partial charge in [-0.3, -0.25) is 0 Å². The number of halogens is 2. The number of nitrogens with zero attached hydrogens (tertiary/aromatic N) is 3. The summed E-state index contributed by atoms with van der Waals surface area (Å²) in [5, 5.41) is 4.05. The predicted molar refractivity (Wildman–Crippen MR) is 145 cm³/mol. The number of nitrogens with one attached hydrogen (secondary N) is 1. The largest absolute Gasteiger partial charge is 0.370 e. The number of piperidine rings is 1. The van der Waals surface area contributed by atoms with E-state index in [-0.39, 0.29) is 6.54 Å². The third-order valence-electron chi connectivity index (χ3n) is 7.97. The number of likely N-dealkylation sites (tertiary alicyclic amines) is 1. The van der Waals surface area contributed by atoms with Gasteiger partial charge in [-0.05, 0) is 80.9 Å². The van der Waals surface area contributed by atoms with E-state index in [1.165, 1.54) is 41.7 Å². The Morgan fingerprint density at radius 1 is 1.00 bits per heavy atom. The van der Waals surface area contributed by atoms with Gasteiger partial charge in [0.15, 0.2) is 0 Å². The highest BCUT2D eigenvalue weighted by molar-refractivity contribution is 5.94. The number of aryl methyl sites for hydroxylation is 2. The Labute approximate surface area is 213 Å². The smallest absolute Gasteiger partial charge is 0.250 e. The van der Waals surface area contributed by atoms with E-state index in [2.05, 4.69) is 77.6 Å². The van der Waals surface area contributed by atoms with Crippen LogP contribution in [0.2, 0.25) is 0 Å². The maximum absolute atomic E-state index is 12.3. The van der Waals surface area contributed by atoms with Crippen molar-refractivity contribution in [3.05, 3.63) is 59.7 Å². The molecule has 0 radical (unpaired) electrons. The maximum Gasteiger partial charge on any atom is 0.250 e. The number of hydrogen-bond acceptors (Lipinski definition) is 4. The Balaban J connectivity index is 1.39. The summed E-state index contributed by atoms with van der Waals surface area (Å²) in [4.78, 5) is 10.2. The van der Waals surface area contributed by atoms with Crippen molar-refractivity contribution >= 4 is 16.6 Å². The van der Waals surface area contributed by atoms with Crippen LogP contribution in [0.5, 0.6) is 0 Å². The van der Waals surface area contributed by atoms with Crippen molar-refractivity contribution in [2.24, 2.45) is 11.8 Å². The van der Waals surface area contributed by atoms with Gasteiger partial charge in [0, 0.05) is 36.3 Å². The van der Waals surface area contributed by atoms with Gasteiger partial charge < -0.3 is 15.1 Å². The molecule has 3 aromatic rings. The zero-order valence-electron chi connectivity index (χ0n) is 21.5. The molecule has 192 valence electrons. The molecule has 36 heavy (non-hydrogen) atoms. The van der Waals surface area contributed by atoms with Gasteiger partial charge in [-0.25, -0.2) is 13.8 Å². The molecule has 2 atom stereocenters. The molecule has 0 amide bonds. The van der Waals surface area contributed by atoms with Crippen molar-refractivity contribution in [2.75, 3.05) is 51.2 Å². The first-order valence-corrected chi connectivity index (χ1v) is 13.5. The summed E-state index contributed by atoms with van der Waals surface area (Å²) >= 11 is 0. The van der Waals surface area contributed by atoms with Crippen LogP contribution >= 0.6 is 0 Å². The van der Waals surface area contributed by atoms with Gasteiger partial charge in [0.25, 0.3) is 6.43 Å². The Hall–Kier alpha value is -2.57. The van der Waals surface area contributed by atoms with Crippen LogP contribution < -0.4 is 10.2 Å². The second kappa shape index (κ2) is 11.2. The molecule has 2 fully saturated rings. The molecule has 2 aliphatic rings. The Kier molecular flexibility index (Phi) is 7.82.